The van der Waals surface area contributed by atoms with Gasteiger partial charge in [0.25, 0.3) is 0 Å². The van der Waals surface area contributed by atoms with Gasteiger partial charge >= 0.3 is 14.2 Å². The highest BCUT2D eigenvalue weighted by atomic mass is 16.6. The van der Waals surface area contributed by atoms with Crippen LogP contribution >= 0.6 is 0 Å². The normalized spacial score (nSPS) is 16.6. The predicted octanol–water partition coefficient (Wildman–Crippen LogP) is 0.854. The van der Waals surface area contributed by atoms with E-state index in [1.54, 1.807) is 0 Å². The number of benzene rings is 2. The molecule has 2 aromatic carbocycles. The summed E-state index contributed by atoms with van der Waals surface area (Å²) in [6.07, 6.45) is 0. The third kappa shape index (κ3) is 1.91. The van der Waals surface area contributed by atoms with E-state index in [2.05, 4.69) is 12.1 Å². The lowest BCUT2D eigenvalue weighted by Crippen LogP contribution is -2.43. The van der Waals surface area contributed by atoms with Crippen molar-refractivity contribution in [2.45, 2.75) is 13.2 Å². The molecule has 2 aliphatic rings. The third-order valence-corrected chi connectivity index (χ3v) is 3.65. The zero-order valence-corrected chi connectivity index (χ0v) is 10.4. The first-order chi connectivity index (χ1) is 9.42. The van der Waals surface area contributed by atoms with Crippen molar-refractivity contribution in [3.05, 3.63) is 59.7 Å². The minimum absolute atomic E-state index is 0.327. The molecule has 0 amide bonds. The predicted molar refractivity (Wildman–Crippen MR) is 74.3 cm³/mol. The van der Waals surface area contributed by atoms with Crippen LogP contribution in [-0.4, -0.2) is 14.2 Å². The molecule has 0 bridgehead atoms. The van der Waals surface area contributed by atoms with Gasteiger partial charge in [0, 0.05) is 0 Å². The fourth-order valence-corrected chi connectivity index (χ4v) is 2.64. The van der Waals surface area contributed by atoms with E-state index in [1.807, 2.05) is 36.4 Å². The molecule has 0 spiro atoms. The maximum atomic E-state index is 5.98. The molecule has 0 saturated heterocycles. The lowest BCUT2D eigenvalue weighted by atomic mass is 9.71. The van der Waals surface area contributed by atoms with E-state index in [0.717, 1.165) is 10.9 Å². The monoisotopic (exact) mass is 250 g/mol. The van der Waals surface area contributed by atoms with E-state index in [0.29, 0.717) is 13.2 Å². The van der Waals surface area contributed by atoms with Gasteiger partial charge in [0.05, 0.1) is 13.2 Å². The fourth-order valence-electron chi connectivity index (χ4n) is 2.64. The molecule has 0 saturated carbocycles. The lowest BCUT2D eigenvalue weighted by molar-refractivity contribution is 0.238. The van der Waals surface area contributed by atoms with Gasteiger partial charge in [-0.15, -0.1) is 0 Å². The second kappa shape index (κ2) is 4.53. The Morgan fingerprint density at radius 3 is 1.74 bits per heavy atom. The summed E-state index contributed by atoms with van der Waals surface area (Å²) in [4.78, 5) is 0. The molecule has 0 unspecified atom stereocenters. The molecule has 0 atom stereocenters. The summed E-state index contributed by atoms with van der Waals surface area (Å²) in [5.41, 5.74) is 4.60. The molecule has 0 aromatic heterocycles. The zero-order chi connectivity index (χ0) is 12.7. The Labute approximate surface area is 112 Å². The highest BCUT2D eigenvalue weighted by molar-refractivity contribution is 6.75. The van der Waals surface area contributed by atoms with Gasteiger partial charge in [0.1, 0.15) is 0 Å². The van der Waals surface area contributed by atoms with Gasteiger partial charge in [-0.25, -0.2) is 0 Å². The van der Waals surface area contributed by atoms with Crippen LogP contribution in [0.15, 0.2) is 48.5 Å². The second-order valence-electron chi connectivity index (χ2n) is 4.82. The Hall–Kier alpha value is -1.55. The summed E-state index contributed by atoms with van der Waals surface area (Å²) < 4.78 is 17.4. The van der Waals surface area contributed by atoms with Crippen molar-refractivity contribution in [2.24, 2.45) is 0 Å². The maximum Gasteiger partial charge on any atom is 0.481 e. The van der Waals surface area contributed by atoms with Crippen molar-refractivity contribution in [2.75, 3.05) is 0 Å². The average Bonchev–Trinajstić information content (AvgIpc) is 3.05. The van der Waals surface area contributed by atoms with Crippen molar-refractivity contribution in [1.29, 1.82) is 0 Å². The number of fused-ring (bicyclic) bond motifs is 2. The standard InChI is InChI=1S/C14H12B2O3/c1-3-7-13-11(5-1)9-17-15(13)19-16-14-8-4-2-6-12(14)10-18-16/h1-8H,9-10H2. The Bertz CT molecular complexity index is 564. The molecule has 5 heteroatoms. The molecule has 3 nitrogen and oxygen atoms in total. The summed E-state index contributed by atoms with van der Waals surface area (Å²) in [5, 5.41) is 0. The molecule has 0 fully saturated rings. The van der Waals surface area contributed by atoms with Gasteiger partial charge in [-0.05, 0) is 22.1 Å². The zero-order valence-electron chi connectivity index (χ0n) is 10.4. The second-order valence-corrected chi connectivity index (χ2v) is 4.82. The molecule has 92 valence electrons. The van der Waals surface area contributed by atoms with Crippen LogP contribution < -0.4 is 10.9 Å². The van der Waals surface area contributed by atoms with Crippen molar-refractivity contribution < 1.29 is 13.9 Å². The molecule has 2 aliphatic heterocycles. The van der Waals surface area contributed by atoms with Crippen molar-refractivity contribution in [3.8, 4) is 0 Å². The number of hydrogen-bond donors (Lipinski definition) is 0. The summed E-state index contributed by atoms with van der Waals surface area (Å²) in [5.74, 6) is 0. The van der Waals surface area contributed by atoms with Crippen LogP contribution in [0.2, 0.25) is 0 Å². The third-order valence-electron chi connectivity index (χ3n) is 3.65. The largest absolute Gasteiger partial charge is 0.481 e. The first-order valence-corrected chi connectivity index (χ1v) is 6.46. The van der Waals surface area contributed by atoms with Crippen molar-refractivity contribution in [3.63, 3.8) is 0 Å². The van der Waals surface area contributed by atoms with Gasteiger partial charge in [0.15, 0.2) is 0 Å². The molecular weight excluding hydrogens is 238 g/mol. The van der Waals surface area contributed by atoms with Crippen LogP contribution in [0.1, 0.15) is 11.1 Å². The van der Waals surface area contributed by atoms with Crippen molar-refractivity contribution >= 4 is 25.2 Å². The fraction of sp³-hybridized carbons (Fsp3) is 0.143. The maximum absolute atomic E-state index is 5.98. The van der Waals surface area contributed by atoms with Crippen LogP contribution in [0.25, 0.3) is 0 Å². The Kier molecular flexibility index (Phi) is 2.69. The minimum Gasteiger partial charge on any atom is -0.443 e. The molecule has 2 heterocycles. The van der Waals surface area contributed by atoms with Crippen LogP contribution in [0, 0.1) is 0 Å². The summed E-state index contributed by atoms with van der Waals surface area (Å²) in [7, 11) is -0.653. The molecule has 0 radical (unpaired) electrons. The smallest absolute Gasteiger partial charge is 0.443 e. The number of hydrogen-bond acceptors (Lipinski definition) is 3. The Morgan fingerprint density at radius 2 is 1.21 bits per heavy atom. The molecule has 2 aromatic rings. The Morgan fingerprint density at radius 1 is 0.737 bits per heavy atom. The molecule has 0 aliphatic carbocycles. The average molecular weight is 250 g/mol. The molecule has 19 heavy (non-hydrogen) atoms. The van der Waals surface area contributed by atoms with E-state index in [-0.39, 0.29) is 14.2 Å². The summed E-state index contributed by atoms with van der Waals surface area (Å²) in [6.45, 7) is 1.21. The minimum atomic E-state index is -0.327. The first kappa shape index (κ1) is 11.3. The van der Waals surface area contributed by atoms with E-state index in [1.165, 1.54) is 11.1 Å². The highest BCUT2D eigenvalue weighted by Crippen LogP contribution is 2.16. The summed E-state index contributed by atoms with van der Waals surface area (Å²) >= 11 is 0. The van der Waals surface area contributed by atoms with E-state index >= 15 is 0 Å². The van der Waals surface area contributed by atoms with Crippen LogP contribution in [0.3, 0.4) is 0 Å². The Balaban J connectivity index is 1.58. The topological polar surface area (TPSA) is 27.7 Å². The first-order valence-electron chi connectivity index (χ1n) is 6.46. The van der Waals surface area contributed by atoms with Gasteiger partial charge in [-0.1, -0.05) is 48.5 Å². The SMILES string of the molecule is c1ccc2c(c1)COB2OB1OCc2ccccc21. The van der Waals surface area contributed by atoms with Gasteiger partial charge in [0.2, 0.25) is 0 Å². The molecular formula is C14H12B2O3. The number of rotatable bonds is 2. The summed E-state index contributed by atoms with van der Waals surface area (Å²) in [6, 6.07) is 16.3. The van der Waals surface area contributed by atoms with Crippen LogP contribution in [0.5, 0.6) is 0 Å². The van der Waals surface area contributed by atoms with Crippen molar-refractivity contribution in [1.82, 2.24) is 0 Å². The molecule has 4 rings (SSSR count). The van der Waals surface area contributed by atoms with Crippen LogP contribution in [0.4, 0.5) is 0 Å². The van der Waals surface area contributed by atoms with Crippen LogP contribution in [-0.2, 0) is 27.1 Å². The van der Waals surface area contributed by atoms with E-state index in [4.69, 9.17) is 13.9 Å². The highest BCUT2D eigenvalue weighted by Gasteiger charge is 2.38. The van der Waals surface area contributed by atoms with Gasteiger partial charge in [-0.2, -0.15) is 0 Å². The lowest BCUT2D eigenvalue weighted by Gasteiger charge is -2.12. The van der Waals surface area contributed by atoms with E-state index in [9.17, 15) is 0 Å². The van der Waals surface area contributed by atoms with Gasteiger partial charge < -0.3 is 13.9 Å². The van der Waals surface area contributed by atoms with Gasteiger partial charge in [-0.3, -0.25) is 0 Å². The molecule has 0 N–H and O–H groups in total. The van der Waals surface area contributed by atoms with E-state index < -0.39 is 0 Å². The quantitative estimate of drug-likeness (QED) is 0.739.